The fraction of sp³-hybridized carbons (Fsp3) is 0.278. The van der Waals surface area contributed by atoms with Crippen molar-refractivity contribution in [3.05, 3.63) is 47.5 Å². The van der Waals surface area contributed by atoms with E-state index in [-0.39, 0.29) is 6.10 Å². The smallest absolute Gasteiger partial charge is 0.223 e. The van der Waals surface area contributed by atoms with Gasteiger partial charge in [-0.3, -0.25) is 4.98 Å². The van der Waals surface area contributed by atoms with E-state index in [1.165, 1.54) is 0 Å². The van der Waals surface area contributed by atoms with Gasteiger partial charge >= 0.3 is 0 Å². The SMILES string of the molecule is c1cncc(-c2nc(NC[C@H]3CCCO3)ncc2-c2ccsc2)c1. The van der Waals surface area contributed by atoms with Gasteiger partial charge in [0.25, 0.3) is 0 Å². The molecule has 24 heavy (non-hydrogen) atoms. The Kier molecular flexibility index (Phi) is 4.49. The molecule has 4 heterocycles. The molecule has 5 nitrogen and oxygen atoms in total. The van der Waals surface area contributed by atoms with Gasteiger partial charge in [0.2, 0.25) is 5.95 Å². The quantitative estimate of drug-likeness (QED) is 0.765. The van der Waals surface area contributed by atoms with Gasteiger partial charge in [0, 0.05) is 42.9 Å². The van der Waals surface area contributed by atoms with E-state index in [1.54, 1.807) is 17.5 Å². The van der Waals surface area contributed by atoms with Crippen molar-refractivity contribution in [3.8, 4) is 22.4 Å². The maximum atomic E-state index is 5.65. The normalized spacial score (nSPS) is 17.1. The van der Waals surface area contributed by atoms with Gasteiger partial charge < -0.3 is 10.1 Å². The van der Waals surface area contributed by atoms with E-state index in [0.29, 0.717) is 5.95 Å². The number of ether oxygens (including phenoxy) is 1. The highest BCUT2D eigenvalue weighted by atomic mass is 32.1. The Morgan fingerprint density at radius 1 is 1.25 bits per heavy atom. The highest BCUT2D eigenvalue weighted by Crippen LogP contribution is 2.31. The molecule has 6 heteroatoms. The molecule has 1 N–H and O–H groups in total. The van der Waals surface area contributed by atoms with Crippen LogP contribution in [-0.4, -0.2) is 34.2 Å². The summed E-state index contributed by atoms with van der Waals surface area (Å²) in [4.78, 5) is 13.5. The number of rotatable bonds is 5. The Bertz CT molecular complexity index is 786. The first-order chi connectivity index (χ1) is 11.9. The second kappa shape index (κ2) is 7.07. The van der Waals surface area contributed by atoms with Gasteiger partial charge in [-0.05, 0) is 47.4 Å². The highest BCUT2D eigenvalue weighted by molar-refractivity contribution is 7.08. The third-order valence-electron chi connectivity index (χ3n) is 4.07. The van der Waals surface area contributed by atoms with Crippen LogP contribution in [0.3, 0.4) is 0 Å². The lowest BCUT2D eigenvalue weighted by molar-refractivity contribution is 0.120. The van der Waals surface area contributed by atoms with E-state index in [0.717, 1.165) is 48.4 Å². The molecule has 3 aromatic rings. The van der Waals surface area contributed by atoms with Gasteiger partial charge in [-0.1, -0.05) is 0 Å². The first-order valence-electron chi connectivity index (χ1n) is 8.05. The number of hydrogen-bond donors (Lipinski definition) is 1. The van der Waals surface area contributed by atoms with Crippen LogP contribution in [0.5, 0.6) is 0 Å². The zero-order chi connectivity index (χ0) is 16.2. The first-order valence-corrected chi connectivity index (χ1v) is 9.00. The van der Waals surface area contributed by atoms with Gasteiger partial charge in [0.1, 0.15) is 0 Å². The first kappa shape index (κ1) is 15.2. The molecular formula is C18H18N4OS. The fourth-order valence-corrected chi connectivity index (χ4v) is 3.49. The summed E-state index contributed by atoms with van der Waals surface area (Å²) in [5, 5.41) is 7.47. The number of hydrogen-bond acceptors (Lipinski definition) is 6. The minimum absolute atomic E-state index is 0.256. The summed E-state index contributed by atoms with van der Waals surface area (Å²) in [5.74, 6) is 0.628. The lowest BCUT2D eigenvalue weighted by atomic mass is 10.0. The fourth-order valence-electron chi connectivity index (χ4n) is 2.83. The van der Waals surface area contributed by atoms with Crippen LogP contribution in [0, 0.1) is 0 Å². The van der Waals surface area contributed by atoms with Crippen LogP contribution in [0.1, 0.15) is 12.8 Å². The summed E-state index contributed by atoms with van der Waals surface area (Å²) in [7, 11) is 0. The maximum absolute atomic E-state index is 5.65. The summed E-state index contributed by atoms with van der Waals surface area (Å²) in [5.41, 5.74) is 4.03. The minimum Gasteiger partial charge on any atom is -0.376 e. The van der Waals surface area contributed by atoms with E-state index in [9.17, 15) is 0 Å². The number of nitrogens with zero attached hydrogens (tertiary/aromatic N) is 3. The Morgan fingerprint density at radius 2 is 2.25 bits per heavy atom. The molecule has 122 valence electrons. The van der Waals surface area contributed by atoms with Gasteiger partial charge in [-0.25, -0.2) is 9.97 Å². The number of thiophene rings is 1. The number of nitrogens with one attached hydrogen (secondary N) is 1. The summed E-state index contributed by atoms with van der Waals surface area (Å²) in [6.07, 6.45) is 7.97. The molecule has 4 rings (SSSR count). The van der Waals surface area contributed by atoms with Gasteiger partial charge in [-0.15, -0.1) is 0 Å². The molecule has 1 saturated heterocycles. The molecule has 0 unspecified atom stereocenters. The third kappa shape index (κ3) is 3.29. The maximum Gasteiger partial charge on any atom is 0.223 e. The molecule has 0 saturated carbocycles. The van der Waals surface area contributed by atoms with Gasteiger partial charge in [0.15, 0.2) is 0 Å². The molecule has 1 fully saturated rings. The molecule has 1 aliphatic heterocycles. The molecule has 3 aromatic heterocycles. The lowest BCUT2D eigenvalue weighted by Gasteiger charge is -2.13. The molecule has 0 spiro atoms. The van der Waals surface area contributed by atoms with Crippen LogP contribution >= 0.6 is 11.3 Å². The van der Waals surface area contributed by atoms with Gasteiger partial charge in [0.05, 0.1) is 11.8 Å². The second-order valence-corrected chi connectivity index (χ2v) is 6.51. The number of anilines is 1. The van der Waals surface area contributed by atoms with Crippen molar-refractivity contribution in [1.82, 2.24) is 15.0 Å². The molecule has 0 bridgehead atoms. The van der Waals surface area contributed by atoms with Crippen molar-refractivity contribution >= 4 is 17.3 Å². The van der Waals surface area contributed by atoms with Crippen LogP contribution in [0.4, 0.5) is 5.95 Å². The van der Waals surface area contributed by atoms with Crippen LogP contribution in [0.15, 0.2) is 47.5 Å². The van der Waals surface area contributed by atoms with Crippen molar-refractivity contribution in [2.45, 2.75) is 18.9 Å². The van der Waals surface area contributed by atoms with Crippen LogP contribution < -0.4 is 5.32 Å². The Balaban J connectivity index is 1.65. The van der Waals surface area contributed by atoms with Crippen molar-refractivity contribution in [2.75, 3.05) is 18.5 Å². The van der Waals surface area contributed by atoms with Crippen molar-refractivity contribution < 1.29 is 4.74 Å². The molecule has 0 aromatic carbocycles. The topological polar surface area (TPSA) is 59.9 Å². The minimum atomic E-state index is 0.256. The zero-order valence-electron chi connectivity index (χ0n) is 13.2. The summed E-state index contributed by atoms with van der Waals surface area (Å²) in [6, 6.07) is 6.03. The molecule has 0 amide bonds. The third-order valence-corrected chi connectivity index (χ3v) is 4.75. The predicted octanol–water partition coefficient (Wildman–Crippen LogP) is 3.86. The van der Waals surface area contributed by atoms with Crippen molar-refractivity contribution in [3.63, 3.8) is 0 Å². The van der Waals surface area contributed by atoms with Crippen molar-refractivity contribution in [2.24, 2.45) is 0 Å². The standard InChI is InChI=1S/C18H18N4OS/c1-3-13(9-19-6-1)17-16(14-5-8-24-12-14)11-21-18(22-17)20-10-15-4-2-7-23-15/h1,3,5-6,8-9,11-12,15H,2,4,7,10H2,(H,20,21,22)/t15-/m1/s1. The second-order valence-electron chi connectivity index (χ2n) is 5.73. The molecule has 0 radical (unpaired) electrons. The van der Waals surface area contributed by atoms with Crippen molar-refractivity contribution in [1.29, 1.82) is 0 Å². The molecular weight excluding hydrogens is 320 g/mol. The monoisotopic (exact) mass is 338 g/mol. The number of pyridine rings is 1. The molecule has 0 aliphatic carbocycles. The molecule has 1 aliphatic rings. The highest BCUT2D eigenvalue weighted by Gasteiger charge is 2.16. The summed E-state index contributed by atoms with van der Waals surface area (Å²) >= 11 is 1.67. The number of aromatic nitrogens is 3. The van der Waals surface area contributed by atoms with E-state index < -0.39 is 0 Å². The average Bonchev–Trinajstić information content (AvgIpc) is 3.34. The molecule has 1 atom stereocenters. The Morgan fingerprint density at radius 3 is 3.00 bits per heavy atom. The van der Waals surface area contributed by atoms with Crippen LogP contribution in [0.2, 0.25) is 0 Å². The zero-order valence-corrected chi connectivity index (χ0v) is 14.0. The predicted molar refractivity (Wildman–Crippen MR) is 96.0 cm³/mol. The largest absolute Gasteiger partial charge is 0.376 e. The van der Waals surface area contributed by atoms with E-state index in [4.69, 9.17) is 9.72 Å². The Labute approximate surface area is 144 Å². The average molecular weight is 338 g/mol. The summed E-state index contributed by atoms with van der Waals surface area (Å²) in [6.45, 7) is 1.59. The van der Waals surface area contributed by atoms with Crippen LogP contribution in [-0.2, 0) is 4.74 Å². The lowest BCUT2D eigenvalue weighted by Crippen LogP contribution is -2.19. The van der Waals surface area contributed by atoms with Gasteiger partial charge in [-0.2, -0.15) is 11.3 Å². The van der Waals surface area contributed by atoms with E-state index in [2.05, 4.69) is 32.1 Å². The Hall–Kier alpha value is -2.31. The summed E-state index contributed by atoms with van der Waals surface area (Å²) < 4.78 is 5.65. The van der Waals surface area contributed by atoms with E-state index >= 15 is 0 Å². The van der Waals surface area contributed by atoms with Crippen LogP contribution in [0.25, 0.3) is 22.4 Å². The van der Waals surface area contributed by atoms with E-state index in [1.807, 2.05) is 24.5 Å².